The number of nitrogens with one attached hydrogen (secondary N) is 2. The number of urea groups is 1. The first kappa shape index (κ1) is 25.6. The van der Waals surface area contributed by atoms with Gasteiger partial charge in [0, 0.05) is 25.3 Å². The second-order valence-corrected chi connectivity index (χ2v) is 8.54. The van der Waals surface area contributed by atoms with E-state index in [9.17, 15) is 35.9 Å². The highest BCUT2D eigenvalue weighted by atomic mass is 19.4. The molecule has 2 N–H and O–H groups in total. The van der Waals surface area contributed by atoms with Crippen molar-refractivity contribution in [2.24, 2.45) is 5.92 Å². The van der Waals surface area contributed by atoms with E-state index in [-0.39, 0.29) is 18.5 Å². The lowest BCUT2D eigenvalue weighted by atomic mass is 9.97. The quantitative estimate of drug-likeness (QED) is 0.575. The fraction of sp³-hybridized carbons (Fsp3) is 0.600. The Bertz CT molecular complexity index is 793. The Morgan fingerprint density at radius 2 is 1.47 bits per heavy atom. The molecule has 1 aliphatic rings. The molecule has 0 bridgehead atoms. The molecule has 1 aliphatic heterocycles. The monoisotopic (exact) mass is 469 g/mol. The molecule has 0 unspecified atom stereocenters. The number of rotatable bonds is 3. The molecule has 0 aliphatic carbocycles. The van der Waals surface area contributed by atoms with Crippen LogP contribution in [0.1, 0.15) is 44.7 Å². The van der Waals surface area contributed by atoms with Crippen LogP contribution in [0.4, 0.5) is 41.6 Å². The number of hydrogen-bond donors (Lipinski definition) is 2. The summed E-state index contributed by atoms with van der Waals surface area (Å²) in [5, 5.41) is 4.48. The summed E-state index contributed by atoms with van der Waals surface area (Å²) < 4.78 is 82.8. The largest absolute Gasteiger partial charge is 0.444 e. The number of ether oxygens (including phenoxy) is 1. The van der Waals surface area contributed by atoms with Crippen molar-refractivity contribution in [2.75, 3.05) is 25.0 Å². The smallest absolute Gasteiger partial charge is 0.416 e. The number of alkyl halides is 6. The van der Waals surface area contributed by atoms with E-state index in [4.69, 9.17) is 4.74 Å². The van der Waals surface area contributed by atoms with Crippen molar-refractivity contribution in [2.45, 2.75) is 51.6 Å². The number of nitrogens with zero attached hydrogens (tertiary/aromatic N) is 1. The number of carbonyl (C=O) groups excluding carboxylic acids is 2. The highest BCUT2D eigenvalue weighted by Crippen LogP contribution is 2.37. The maximum absolute atomic E-state index is 12.9. The number of carbonyl (C=O) groups is 2. The first-order chi connectivity index (χ1) is 14.5. The Morgan fingerprint density at radius 3 is 1.91 bits per heavy atom. The standard InChI is InChI=1S/C20H25F6N3O3/c1-18(2,3)32-17(31)29-6-4-12(5-7-29)11-27-16(30)28-15-9-13(19(21,22)23)8-14(10-15)20(24,25)26/h8-10,12H,4-7,11H2,1-3H3,(H2,27,28,30). The average Bonchev–Trinajstić information content (AvgIpc) is 2.64. The minimum absolute atomic E-state index is 0.00770. The number of halogens is 6. The van der Waals surface area contributed by atoms with Gasteiger partial charge in [-0.3, -0.25) is 0 Å². The lowest BCUT2D eigenvalue weighted by Crippen LogP contribution is -2.44. The number of anilines is 1. The minimum Gasteiger partial charge on any atom is -0.444 e. The number of amides is 3. The zero-order chi connectivity index (χ0) is 24.3. The van der Waals surface area contributed by atoms with E-state index in [1.165, 1.54) is 0 Å². The molecule has 12 heteroatoms. The Balaban J connectivity index is 1.91. The van der Waals surface area contributed by atoms with Gasteiger partial charge in [0.05, 0.1) is 11.1 Å². The molecule has 0 radical (unpaired) electrons. The van der Waals surface area contributed by atoms with E-state index in [0.717, 1.165) is 0 Å². The maximum Gasteiger partial charge on any atom is 0.416 e. The van der Waals surface area contributed by atoms with Crippen molar-refractivity contribution in [1.29, 1.82) is 0 Å². The third-order valence-corrected chi connectivity index (χ3v) is 4.66. The van der Waals surface area contributed by atoms with Crippen molar-refractivity contribution in [3.05, 3.63) is 29.3 Å². The molecule has 32 heavy (non-hydrogen) atoms. The summed E-state index contributed by atoms with van der Waals surface area (Å²) in [5.41, 5.74) is -4.28. The van der Waals surface area contributed by atoms with Crippen LogP contribution < -0.4 is 10.6 Å². The highest BCUT2D eigenvalue weighted by Gasteiger charge is 2.37. The third kappa shape index (κ3) is 7.79. The van der Waals surface area contributed by atoms with Crippen LogP contribution in [0, 0.1) is 5.92 Å². The molecular weight excluding hydrogens is 444 g/mol. The molecule has 1 saturated heterocycles. The third-order valence-electron chi connectivity index (χ3n) is 4.66. The van der Waals surface area contributed by atoms with Crippen LogP contribution in [-0.2, 0) is 17.1 Å². The Hall–Kier alpha value is -2.66. The molecule has 1 aromatic rings. The molecule has 0 aromatic heterocycles. The van der Waals surface area contributed by atoms with Gasteiger partial charge < -0.3 is 20.3 Å². The summed E-state index contributed by atoms with van der Waals surface area (Å²) in [7, 11) is 0. The van der Waals surface area contributed by atoms with Gasteiger partial charge in [0.25, 0.3) is 0 Å². The second kappa shape index (κ2) is 9.45. The van der Waals surface area contributed by atoms with Crippen LogP contribution in [0.15, 0.2) is 18.2 Å². The molecule has 1 heterocycles. The van der Waals surface area contributed by atoms with Gasteiger partial charge in [0.2, 0.25) is 0 Å². The van der Waals surface area contributed by atoms with Gasteiger partial charge in [0.15, 0.2) is 0 Å². The molecule has 6 nitrogen and oxygen atoms in total. The van der Waals surface area contributed by atoms with Gasteiger partial charge in [-0.15, -0.1) is 0 Å². The van der Waals surface area contributed by atoms with Crippen LogP contribution in [0.25, 0.3) is 0 Å². The summed E-state index contributed by atoms with van der Waals surface area (Å²) in [6.45, 7) is 6.22. The van der Waals surface area contributed by atoms with Gasteiger partial charge >= 0.3 is 24.5 Å². The van der Waals surface area contributed by atoms with Gasteiger partial charge in [-0.1, -0.05) is 0 Å². The van der Waals surface area contributed by atoms with Gasteiger partial charge in [-0.2, -0.15) is 26.3 Å². The van der Waals surface area contributed by atoms with E-state index in [1.807, 2.05) is 5.32 Å². The maximum atomic E-state index is 12.9. The molecule has 0 spiro atoms. The predicted molar refractivity (Wildman–Crippen MR) is 104 cm³/mol. The Labute approximate surface area is 181 Å². The van der Waals surface area contributed by atoms with Gasteiger partial charge in [-0.05, 0) is 57.7 Å². The Kier molecular flexibility index (Phi) is 7.56. The van der Waals surface area contributed by atoms with Crippen LogP contribution in [0.5, 0.6) is 0 Å². The fourth-order valence-electron chi connectivity index (χ4n) is 3.09. The number of benzene rings is 1. The summed E-state index contributed by atoms with van der Waals surface area (Å²) in [4.78, 5) is 25.6. The SMILES string of the molecule is CC(C)(C)OC(=O)N1CCC(CNC(=O)Nc2cc(C(F)(F)F)cc(C(F)(F)F)c2)CC1. The van der Waals surface area contributed by atoms with Crippen molar-refractivity contribution in [1.82, 2.24) is 10.2 Å². The Morgan fingerprint density at radius 1 is 0.969 bits per heavy atom. The van der Waals surface area contributed by atoms with E-state index in [2.05, 4.69) is 5.32 Å². The van der Waals surface area contributed by atoms with Crippen molar-refractivity contribution >= 4 is 17.8 Å². The van der Waals surface area contributed by atoms with Crippen molar-refractivity contribution in [3.63, 3.8) is 0 Å². The number of likely N-dealkylation sites (tertiary alicyclic amines) is 1. The van der Waals surface area contributed by atoms with E-state index in [1.54, 1.807) is 25.7 Å². The fourth-order valence-corrected chi connectivity index (χ4v) is 3.09. The topological polar surface area (TPSA) is 70.7 Å². The number of hydrogen-bond acceptors (Lipinski definition) is 3. The molecule has 3 amide bonds. The van der Waals surface area contributed by atoms with E-state index >= 15 is 0 Å². The molecular formula is C20H25F6N3O3. The number of piperidine rings is 1. The molecule has 0 atom stereocenters. The van der Waals surface area contributed by atoms with Crippen molar-refractivity contribution < 1.29 is 40.7 Å². The van der Waals surface area contributed by atoms with Gasteiger partial charge in [0.1, 0.15) is 5.60 Å². The molecule has 1 fully saturated rings. The minimum atomic E-state index is -5.00. The van der Waals surface area contributed by atoms with E-state index < -0.39 is 46.9 Å². The summed E-state index contributed by atoms with van der Waals surface area (Å²) in [6, 6.07) is -0.0592. The lowest BCUT2D eigenvalue weighted by Gasteiger charge is -2.33. The van der Waals surface area contributed by atoms with Crippen LogP contribution in [-0.4, -0.2) is 42.3 Å². The van der Waals surface area contributed by atoms with Crippen LogP contribution >= 0.6 is 0 Å². The average molecular weight is 469 g/mol. The van der Waals surface area contributed by atoms with E-state index in [0.29, 0.717) is 38.1 Å². The molecule has 0 saturated carbocycles. The second-order valence-electron chi connectivity index (χ2n) is 8.54. The first-order valence-electron chi connectivity index (χ1n) is 9.87. The normalized spacial score (nSPS) is 16.0. The van der Waals surface area contributed by atoms with Crippen LogP contribution in [0.3, 0.4) is 0 Å². The summed E-state index contributed by atoms with van der Waals surface area (Å²) >= 11 is 0. The zero-order valence-corrected chi connectivity index (χ0v) is 17.8. The molecule has 1 aromatic carbocycles. The summed E-state index contributed by atoms with van der Waals surface area (Å²) in [6.07, 6.45) is -9.33. The van der Waals surface area contributed by atoms with Crippen LogP contribution in [0.2, 0.25) is 0 Å². The first-order valence-corrected chi connectivity index (χ1v) is 9.87. The summed E-state index contributed by atoms with van der Waals surface area (Å²) in [5.74, 6) is -0.00770. The predicted octanol–water partition coefficient (Wildman–Crippen LogP) is 5.49. The lowest BCUT2D eigenvalue weighted by molar-refractivity contribution is -0.143. The van der Waals surface area contributed by atoms with Gasteiger partial charge in [-0.25, -0.2) is 9.59 Å². The molecule has 180 valence electrons. The highest BCUT2D eigenvalue weighted by molar-refractivity contribution is 5.89. The van der Waals surface area contributed by atoms with Crippen molar-refractivity contribution in [3.8, 4) is 0 Å². The zero-order valence-electron chi connectivity index (χ0n) is 17.8. The molecule has 2 rings (SSSR count).